The zero-order valence-electron chi connectivity index (χ0n) is 9.03. The molecule has 1 heterocycles. The number of nitrogens with zero attached hydrogens (tertiary/aromatic N) is 1. The molecule has 1 aliphatic heterocycles. The third kappa shape index (κ3) is 2.22. The molecular formula is C11H14ClN3O. The number of nitrogen functional groups attached to an aromatic ring is 1. The molecule has 0 unspecified atom stereocenters. The van der Waals surface area contributed by atoms with Gasteiger partial charge in [-0.3, -0.25) is 4.79 Å². The van der Waals surface area contributed by atoms with E-state index in [9.17, 15) is 4.79 Å². The zero-order chi connectivity index (χ0) is 11.7. The van der Waals surface area contributed by atoms with Gasteiger partial charge in [0.05, 0.1) is 16.8 Å². The number of amides is 1. The van der Waals surface area contributed by atoms with Crippen LogP contribution in [0.1, 0.15) is 6.42 Å². The van der Waals surface area contributed by atoms with Crippen molar-refractivity contribution in [3.8, 4) is 0 Å². The maximum absolute atomic E-state index is 11.3. The molecule has 0 saturated carbocycles. The molecule has 1 amide bonds. The van der Waals surface area contributed by atoms with E-state index in [4.69, 9.17) is 17.3 Å². The zero-order valence-corrected chi connectivity index (χ0v) is 9.79. The van der Waals surface area contributed by atoms with Gasteiger partial charge in [-0.1, -0.05) is 11.6 Å². The summed E-state index contributed by atoms with van der Waals surface area (Å²) in [6, 6.07) is 5.55. The Morgan fingerprint density at radius 1 is 1.56 bits per heavy atom. The van der Waals surface area contributed by atoms with Gasteiger partial charge in [0.1, 0.15) is 0 Å². The molecule has 3 N–H and O–H groups in total. The van der Waals surface area contributed by atoms with Crippen molar-refractivity contribution in [3.05, 3.63) is 23.2 Å². The van der Waals surface area contributed by atoms with Gasteiger partial charge in [-0.2, -0.15) is 0 Å². The van der Waals surface area contributed by atoms with Crippen LogP contribution in [0.15, 0.2) is 18.2 Å². The van der Waals surface area contributed by atoms with Gasteiger partial charge in [0.2, 0.25) is 5.91 Å². The Bertz CT molecular complexity index is 422. The smallest absolute Gasteiger partial charge is 0.224 e. The first kappa shape index (κ1) is 11.1. The second kappa shape index (κ2) is 4.22. The Hall–Kier alpha value is -1.42. The van der Waals surface area contributed by atoms with Gasteiger partial charge in [-0.15, -0.1) is 0 Å². The fourth-order valence-electron chi connectivity index (χ4n) is 1.81. The molecule has 0 aromatic heterocycles. The number of halogens is 1. The first-order valence-electron chi connectivity index (χ1n) is 5.12. The predicted molar refractivity (Wildman–Crippen MR) is 65.5 cm³/mol. The van der Waals surface area contributed by atoms with E-state index in [2.05, 4.69) is 5.32 Å². The fraction of sp³-hybridized carbons (Fsp3) is 0.364. The predicted octanol–water partition coefficient (Wildman–Crippen LogP) is 1.56. The summed E-state index contributed by atoms with van der Waals surface area (Å²) in [5, 5.41) is 3.80. The van der Waals surface area contributed by atoms with Gasteiger partial charge in [-0.05, 0) is 18.2 Å². The molecule has 2 rings (SSSR count). The molecule has 0 radical (unpaired) electrons. The highest BCUT2D eigenvalue weighted by molar-refractivity contribution is 6.33. The van der Waals surface area contributed by atoms with Crippen LogP contribution in [0.4, 0.5) is 11.4 Å². The van der Waals surface area contributed by atoms with Crippen LogP contribution in [0.2, 0.25) is 5.02 Å². The van der Waals surface area contributed by atoms with Crippen molar-refractivity contribution in [3.63, 3.8) is 0 Å². The highest BCUT2D eigenvalue weighted by Gasteiger charge is 2.26. The average Bonchev–Trinajstić information content (AvgIpc) is 2.52. The van der Waals surface area contributed by atoms with Crippen LogP contribution in [0.3, 0.4) is 0 Å². The van der Waals surface area contributed by atoms with Gasteiger partial charge < -0.3 is 16.0 Å². The summed E-state index contributed by atoms with van der Waals surface area (Å²) in [4.78, 5) is 13.1. The standard InChI is InChI=1S/C11H14ClN3O/c1-15-6-8(5-11(15)16)14-7-2-3-10(13)9(12)4-7/h2-4,8,14H,5-6,13H2,1H3/t8-/m0/s1. The summed E-state index contributed by atoms with van der Waals surface area (Å²) in [6.45, 7) is 0.723. The maximum atomic E-state index is 11.3. The average molecular weight is 240 g/mol. The third-order valence-electron chi connectivity index (χ3n) is 2.71. The summed E-state index contributed by atoms with van der Waals surface area (Å²) < 4.78 is 0. The van der Waals surface area contributed by atoms with E-state index in [1.807, 2.05) is 6.07 Å². The molecule has 4 nitrogen and oxygen atoms in total. The summed E-state index contributed by atoms with van der Waals surface area (Å²) >= 11 is 5.91. The Morgan fingerprint density at radius 2 is 2.31 bits per heavy atom. The van der Waals surface area contributed by atoms with Gasteiger partial charge in [-0.25, -0.2) is 0 Å². The number of anilines is 2. The van der Waals surface area contributed by atoms with Gasteiger partial charge in [0.25, 0.3) is 0 Å². The molecule has 1 aromatic rings. The van der Waals surface area contributed by atoms with Crippen LogP contribution in [-0.4, -0.2) is 30.4 Å². The largest absolute Gasteiger partial charge is 0.398 e. The topological polar surface area (TPSA) is 58.4 Å². The van der Waals surface area contributed by atoms with E-state index in [0.29, 0.717) is 17.1 Å². The number of nitrogens with one attached hydrogen (secondary N) is 1. The van der Waals surface area contributed by atoms with Crippen LogP contribution in [0.5, 0.6) is 0 Å². The number of hydrogen-bond donors (Lipinski definition) is 2. The maximum Gasteiger partial charge on any atom is 0.224 e. The number of carbonyl (C=O) groups excluding carboxylic acids is 1. The van der Waals surface area contributed by atoms with Crippen LogP contribution in [-0.2, 0) is 4.79 Å². The molecule has 1 saturated heterocycles. The minimum absolute atomic E-state index is 0.150. The van der Waals surface area contributed by atoms with Gasteiger partial charge in [0.15, 0.2) is 0 Å². The van der Waals surface area contributed by atoms with E-state index in [-0.39, 0.29) is 11.9 Å². The van der Waals surface area contributed by atoms with Crippen molar-refractivity contribution >= 4 is 28.9 Å². The van der Waals surface area contributed by atoms with Gasteiger partial charge in [0, 0.05) is 25.7 Å². The van der Waals surface area contributed by atoms with Crippen LogP contribution in [0, 0.1) is 0 Å². The number of hydrogen-bond acceptors (Lipinski definition) is 3. The Labute approximate surface area is 99.4 Å². The number of benzene rings is 1. The van der Waals surface area contributed by atoms with Crippen molar-refractivity contribution in [2.24, 2.45) is 0 Å². The highest BCUT2D eigenvalue weighted by atomic mass is 35.5. The van der Waals surface area contributed by atoms with E-state index in [0.717, 1.165) is 12.2 Å². The molecule has 1 aromatic carbocycles. The first-order chi connectivity index (χ1) is 7.56. The monoisotopic (exact) mass is 239 g/mol. The number of likely N-dealkylation sites (N-methyl/N-ethyl adjacent to an activating group) is 1. The number of nitrogens with two attached hydrogens (primary N) is 1. The van der Waals surface area contributed by atoms with Crippen LogP contribution < -0.4 is 11.1 Å². The first-order valence-corrected chi connectivity index (χ1v) is 5.49. The molecule has 1 atom stereocenters. The van der Waals surface area contributed by atoms with Gasteiger partial charge >= 0.3 is 0 Å². The summed E-state index contributed by atoms with van der Waals surface area (Å²) in [6.07, 6.45) is 0.526. The molecule has 1 fully saturated rings. The number of carbonyl (C=O) groups is 1. The Balaban J connectivity index is 2.05. The molecule has 16 heavy (non-hydrogen) atoms. The molecule has 5 heteroatoms. The van der Waals surface area contributed by atoms with E-state index < -0.39 is 0 Å². The second-order valence-electron chi connectivity index (χ2n) is 4.06. The lowest BCUT2D eigenvalue weighted by molar-refractivity contribution is -0.126. The molecule has 86 valence electrons. The lowest BCUT2D eigenvalue weighted by Crippen LogP contribution is -2.24. The summed E-state index contributed by atoms with van der Waals surface area (Å²) in [5.74, 6) is 0.166. The number of likely N-dealkylation sites (tertiary alicyclic amines) is 1. The normalized spacial score (nSPS) is 20.2. The minimum atomic E-state index is 0.150. The Morgan fingerprint density at radius 3 is 2.88 bits per heavy atom. The second-order valence-corrected chi connectivity index (χ2v) is 4.46. The molecule has 0 spiro atoms. The quantitative estimate of drug-likeness (QED) is 0.771. The van der Waals surface area contributed by atoms with Crippen LogP contribution in [0.25, 0.3) is 0 Å². The van der Waals surface area contributed by atoms with E-state index in [1.54, 1.807) is 24.1 Å². The molecular weight excluding hydrogens is 226 g/mol. The van der Waals surface area contributed by atoms with E-state index >= 15 is 0 Å². The Kier molecular flexibility index (Phi) is 2.92. The third-order valence-corrected chi connectivity index (χ3v) is 3.04. The van der Waals surface area contributed by atoms with Crippen molar-refractivity contribution in [1.82, 2.24) is 4.90 Å². The summed E-state index contributed by atoms with van der Waals surface area (Å²) in [5.41, 5.74) is 7.08. The van der Waals surface area contributed by atoms with Crippen molar-refractivity contribution in [2.75, 3.05) is 24.6 Å². The molecule has 1 aliphatic rings. The minimum Gasteiger partial charge on any atom is -0.398 e. The molecule has 0 bridgehead atoms. The SMILES string of the molecule is CN1C[C@@H](Nc2ccc(N)c(Cl)c2)CC1=O. The molecule has 0 aliphatic carbocycles. The lowest BCUT2D eigenvalue weighted by Gasteiger charge is -2.14. The van der Waals surface area contributed by atoms with Crippen molar-refractivity contribution in [2.45, 2.75) is 12.5 Å². The lowest BCUT2D eigenvalue weighted by atomic mass is 10.2. The summed E-state index contributed by atoms with van der Waals surface area (Å²) in [7, 11) is 1.81. The van der Waals surface area contributed by atoms with Crippen molar-refractivity contribution in [1.29, 1.82) is 0 Å². The van der Waals surface area contributed by atoms with Crippen LogP contribution >= 0.6 is 11.6 Å². The van der Waals surface area contributed by atoms with Crippen molar-refractivity contribution < 1.29 is 4.79 Å². The number of rotatable bonds is 2. The highest BCUT2D eigenvalue weighted by Crippen LogP contribution is 2.24. The fourth-order valence-corrected chi connectivity index (χ4v) is 1.99. The van der Waals surface area contributed by atoms with E-state index in [1.165, 1.54) is 0 Å².